The summed E-state index contributed by atoms with van der Waals surface area (Å²) in [5.41, 5.74) is 5.39. The first-order valence-corrected chi connectivity index (χ1v) is 16.0. The summed E-state index contributed by atoms with van der Waals surface area (Å²) >= 11 is 6.58. The third kappa shape index (κ3) is 8.01. The summed E-state index contributed by atoms with van der Waals surface area (Å²) in [6, 6.07) is 38.0. The van der Waals surface area contributed by atoms with Gasteiger partial charge in [0, 0.05) is 41.0 Å². The number of ether oxygens (including phenoxy) is 2. The quantitative estimate of drug-likeness (QED) is 0.127. The Balaban J connectivity index is 1.42. The van der Waals surface area contributed by atoms with Gasteiger partial charge in [0.2, 0.25) is 0 Å². The van der Waals surface area contributed by atoms with Gasteiger partial charge < -0.3 is 24.5 Å². The lowest BCUT2D eigenvalue weighted by Crippen LogP contribution is -2.20. The van der Waals surface area contributed by atoms with Crippen LogP contribution in [-0.2, 0) is 12.8 Å². The second-order valence-electron chi connectivity index (χ2n) is 11.3. The molecule has 0 radical (unpaired) electrons. The first-order valence-electron chi connectivity index (χ1n) is 15.6. The van der Waals surface area contributed by atoms with E-state index in [0.717, 1.165) is 33.3 Å². The molecule has 1 heterocycles. The zero-order chi connectivity index (χ0) is 34.4. The lowest BCUT2D eigenvalue weighted by atomic mass is 9.97. The number of fused-ring (bicyclic) bond motifs is 1. The fourth-order valence-electron chi connectivity index (χ4n) is 6.12. The Morgan fingerprint density at radius 1 is 0.816 bits per heavy atom. The predicted octanol–water partition coefficient (Wildman–Crippen LogP) is 9.81. The molecule has 0 bridgehead atoms. The van der Waals surface area contributed by atoms with Crippen LogP contribution in [0.4, 0.5) is 18.9 Å². The molecule has 0 aliphatic carbocycles. The fourth-order valence-corrected chi connectivity index (χ4v) is 6.29. The second-order valence-corrected chi connectivity index (χ2v) is 11.8. The van der Waals surface area contributed by atoms with Gasteiger partial charge in [0.1, 0.15) is 5.75 Å². The molecule has 250 valence electrons. The molecule has 0 spiro atoms. The van der Waals surface area contributed by atoms with Gasteiger partial charge in [-0.05, 0) is 71.3 Å². The van der Waals surface area contributed by atoms with Crippen LogP contribution in [0.3, 0.4) is 0 Å². The average Bonchev–Trinajstić information content (AvgIpc) is 3.37. The number of aromatic nitrogens is 1. The van der Waals surface area contributed by atoms with Gasteiger partial charge in [0.15, 0.2) is 5.75 Å². The molecule has 0 unspecified atom stereocenters. The number of carboxylic acid groups (broad SMARTS) is 1. The Morgan fingerprint density at radius 2 is 1.45 bits per heavy atom. The van der Waals surface area contributed by atoms with E-state index in [9.17, 15) is 23.1 Å². The van der Waals surface area contributed by atoms with Gasteiger partial charge in [0.05, 0.1) is 23.9 Å². The maximum Gasteiger partial charge on any atom is 0.573 e. The molecule has 0 aliphatic heterocycles. The molecule has 6 aromatic rings. The van der Waals surface area contributed by atoms with Crippen LogP contribution in [0.25, 0.3) is 10.9 Å². The highest BCUT2D eigenvalue weighted by Gasteiger charge is 2.32. The molecule has 1 aromatic heterocycles. The minimum Gasteiger partial charge on any atom is -0.493 e. The molecule has 6 nitrogen and oxygen atoms in total. The van der Waals surface area contributed by atoms with Crippen LogP contribution in [0, 0.1) is 0 Å². The Kier molecular flexibility index (Phi) is 10.1. The number of alkyl halides is 3. The van der Waals surface area contributed by atoms with E-state index in [2.05, 4.69) is 38.9 Å². The van der Waals surface area contributed by atoms with Crippen molar-refractivity contribution in [2.45, 2.75) is 25.2 Å². The largest absolute Gasteiger partial charge is 0.573 e. The summed E-state index contributed by atoms with van der Waals surface area (Å²) in [7, 11) is 0. The van der Waals surface area contributed by atoms with E-state index in [1.54, 1.807) is 24.3 Å². The van der Waals surface area contributed by atoms with E-state index >= 15 is 0 Å². The highest BCUT2D eigenvalue weighted by atomic mass is 35.5. The monoisotopic (exact) mass is 684 g/mol. The summed E-state index contributed by atoms with van der Waals surface area (Å²) in [6.45, 7) is 0.575. The number of benzene rings is 5. The van der Waals surface area contributed by atoms with Crippen molar-refractivity contribution in [1.82, 2.24) is 4.57 Å². The molecule has 49 heavy (non-hydrogen) atoms. The minimum atomic E-state index is -4.83. The van der Waals surface area contributed by atoms with E-state index in [1.165, 1.54) is 24.3 Å². The summed E-state index contributed by atoms with van der Waals surface area (Å²) in [6.07, 6.45) is -3.92. The van der Waals surface area contributed by atoms with Crippen molar-refractivity contribution in [3.05, 3.63) is 160 Å². The van der Waals surface area contributed by atoms with Crippen molar-refractivity contribution in [3.8, 4) is 11.5 Å². The number of nitrogens with one attached hydrogen (secondary N) is 1. The number of aromatic carboxylic acids is 1. The highest BCUT2D eigenvalue weighted by Crippen LogP contribution is 2.38. The van der Waals surface area contributed by atoms with Crippen LogP contribution in [0.15, 0.2) is 127 Å². The van der Waals surface area contributed by atoms with Gasteiger partial charge in [-0.15, -0.1) is 13.2 Å². The van der Waals surface area contributed by atoms with Gasteiger partial charge in [-0.25, -0.2) is 4.79 Å². The second kappa shape index (κ2) is 14.8. The number of hydrogen-bond donors (Lipinski definition) is 2. The van der Waals surface area contributed by atoms with Crippen molar-refractivity contribution in [1.29, 1.82) is 0 Å². The molecule has 0 saturated heterocycles. The first-order chi connectivity index (χ1) is 23.7. The minimum absolute atomic E-state index is 0.162. The Morgan fingerprint density at radius 3 is 2.08 bits per heavy atom. The molecule has 2 N–H and O–H groups in total. The molecule has 0 aliphatic rings. The highest BCUT2D eigenvalue weighted by molar-refractivity contribution is 6.31. The predicted molar refractivity (Wildman–Crippen MR) is 185 cm³/mol. The van der Waals surface area contributed by atoms with E-state index < -0.39 is 12.3 Å². The zero-order valence-corrected chi connectivity index (χ0v) is 26.9. The zero-order valence-electron chi connectivity index (χ0n) is 26.2. The van der Waals surface area contributed by atoms with Crippen LogP contribution >= 0.6 is 11.6 Å². The number of rotatable bonds is 13. The Hall–Kier alpha value is -5.41. The van der Waals surface area contributed by atoms with Gasteiger partial charge in [-0.1, -0.05) is 84.4 Å². The molecule has 10 heteroatoms. The molecule has 0 saturated carbocycles. The van der Waals surface area contributed by atoms with Crippen LogP contribution in [0.5, 0.6) is 11.5 Å². The van der Waals surface area contributed by atoms with Gasteiger partial charge >= 0.3 is 12.3 Å². The van der Waals surface area contributed by atoms with Crippen molar-refractivity contribution >= 4 is 34.2 Å². The van der Waals surface area contributed by atoms with Gasteiger partial charge in [-0.3, -0.25) is 0 Å². The lowest BCUT2D eigenvalue weighted by molar-refractivity contribution is -0.274. The van der Waals surface area contributed by atoms with Gasteiger partial charge in [0.25, 0.3) is 0 Å². The van der Waals surface area contributed by atoms with Crippen molar-refractivity contribution < 1.29 is 32.5 Å². The SMILES string of the molecule is O=C(O)c1ccc(OCCc2c(CCNc3ccccc3OC(F)(F)F)n(C(c3ccccc3)c3ccccc3)c3ccc(Cl)cc23)cc1. The van der Waals surface area contributed by atoms with E-state index in [4.69, 9.17) is 16.3 Å². The van der Waals surface area contributed by atoms with Crippen molar-refractivity contribution in [2.24, 2.45) is 0 Å². The average molecular weight is 685 g/mol. The van der Waals surface area contributed by atoms with Gasteiger partial charge in [-0.2, -0.15) is 0 Å². The van der Waals surface area contributed by atoms with Crippen LogP contribution in [-0.4, -0.2) is 35.2 Å². The lowest BCUT2D eigenvalue weighted by Gasteiger charge is -2.25. The Labute approximate surface area is 286 Å². The molecular weight excluding hydrogens is 653 g/mol. The fraction of sp³-hybridized carbons (Fsp3) is 0.154. The van der Waals surface area contributed by atoms with Crippen LogP contribution in [0.2, 0.25) is 5.02 Å². The topological polar surface area (TPSA) is 72.7 Å². The van der Waals surface area contributed by atoms with Crippen LogP contribution in [0.1, 0.15) is 38.8 Å². The Bertz CT molecular complexity index is 1990. The van der Waals surface area contributed by atoms with E-state index in [0.29, 0.717) is 30.2 Å². The number of hydrogen-bond acceptors (Lipinski definition) is 4. The standard InChI is InChI=1S/C39H32ClF3N2O4/c40-29-17-20-34-32(25-29)31(22-24-48-30-18-15-28(16-19-30)38(46)47)35(21-23-44-33-13-7-8-14-36(33)49-39(41,42)43)45(34)37(26-9-3-1-4-10-26)27-11-5-2-6-12-27/h1-20,25,37,44H,21-24H2,(H,46,47). The number of nitrogens with zero attached hydrogens (tertiary/aromatic N) is 1. The number of carbonyl (C=O) groups is 1. The summed E-state index contributed by atoms with van der Waals surface area (Å²) < 4.78 is 52.2. The summed E-state index contributed by atoms with van der Waals surface area (Å²) in [5, 5.41) is 13.9. The molecule has 0 atom stereocenters. The molecule has 0 amide bonds. The molecule has 6 rings (SSSR count). The normalized spacial score (nSPS) is 11.5. The summed E-state index contributed by atoms with van der Waals surface area (Å²) in [4.78, 5) is 11.3. The number of para-hydroxylation sites is 2. The van der Waals surface area contributed by atoms with E-state index in [1.807, 2.05) is 54.6 Å². The first kappa shape index (κ1) is 33.5. The summed E-state index contributed by atoms with van der Waals surface area (Å²) in [5.74, 6) is -0.799. The number of carboxylic acids is 1. The maximum atomic E-state index is 13.2. The maximum absolute atomic E-state index is 13.2. The van der Waals surface area contributed by atoms with Crippen molar-refractivity contribution in [3.63, 3.8) is 0 Å². The molecule has 0 fully saturated rings. The number of halogens is 4. The van der Waals surface area contributed by atoms with Crippen molar-refractivity contribution in [2.75, 3.05) is 18.5 Å². The third-order valence-corrected chi connectivity index (χ3v) is 8.42. The third-order valence-electron chi connectivity index (χ3n) is 8.18. The number of anilines is 1. The van der Waals surface area contributed by atoms with E-state index in [-0.39, 0.29) is 29.6 Å². The molecule has 5 aromatic carbocycles. The van der Waals surface area contributed by atoms with Crippen LogP contribution < -0.4 is 14.8 Å². The smallest absolute Gasteiger partial charge is 0.493 e. The molecular formula is C39H32ClF3N2O4.